The van der Waals surface area contributed by atoms with Crippen molar-refractivity contribution in [3.63, 3.8) is 0 Å². The standard InChI is InChI=1S/C27H26BrN3O3S/c28-20-8-10-21(11-9-20)31-25(32)17-23(26(31)33)30(27(34)24-7-4-16-35-24)22-12-14-29(15-13-22)18-19-5-2-1-3-6-19/h1-11,16,22-23H,12-15,17-18H2. The molecule has 0 saturated carbocycles. The van der Waals surface area contributed by atoms with Crippen molar-refractivity contribution in [1.82, 2.24) is 9.80 Å². The summed E-state index contributed by atoms with van der Waals surface area (Å²) in [4.78, 5) is 46.1. The van der Waals surface area contributed by atoms with Crippen molar-refractivity contribution < 1.29 is 14.4 Å². The Kier molecular flexibility index (Phi) is 7.13. The number of piperidine rings is 1. The van der Waals surface area contributed by atoms with Gasteiger partial charge in [-0.1, -0.05) is 52.3 Å². The fourth-order valence-corrected chi connectivity index (χ4v) is 5.91. The van der Waals surface area contributed by atoms with E-state index in [1.807, 2.05) is 29.6 Å². The van der Waals surface area contributed by atoms with Crippen molar-refractivity contribution in [2.75, 3.05) is 18.0 Å². The maximum Gasteiger partial charge on any atom is 0.264 e. The van der Waals surface area contributed by atoms with E-state index < -0.39 is 6.04 Å². The van der Waals surface area contributed by atoms with Gasteiger partial charge in [0.1, 0.15) is 6.04 Å². The highest BCUT2D eigenvalue weighted by Gasteiger charge is 2.47. The SMILES string of the molecule is O=C1CC(N(C(=O)c2cccs2)C2CCN(Cc3ccccc3)CC2)C(=O)N1c1ccc(Br)cc1. The minimum Gasteiger partial charge on any atom is -0.322 e. The van der Waals surface area contributed by atoms with Crippen LogP contribution in [0, 0.1) is 0 Å². The van der Waals surface area contributed by atoms with Crippen LogP contribution in [-0.2, 0) is 16.1 Å². The highest BCUT2D eigenvalue weighted by molar-refractivity contribution is 9.10. The highest BCUT2D eigenvalue weighted by atomic mass is 79.9. The smallest absolute Gasteiger partial charge is 0.264 e. The molecule has 8 heteroatoms. The number of carbonyl (C=O) groups excluding carboxylic acids is 3. The average molecular weight is 552 g/mol. The summed E-state index contributed by atoms with van der Waals surface area (Å²) in [7, 11) is 0. The lowest BCUT2D eigenvalue weighted by Gasteiger charge is -2.40. The van der Waals surface area contributed by atoms with Gasteiger partial charge in [0.25, 0.3) is 11.8 Å². The molecule has 0 radical (unpaired) electrons. The van der Waals surface area contributed by atoms with E-state index in [1.54, 1.807) is 35.2 Å². The van der Waals surface area contributed by atoms with Gasteiger partial charge in [0, 0.05) is 30.1 Å². The molecule has 2 fully saturated rings. The van der Waals surface area contributed by atoms with Gasteiger partial charge < -0.3 is 4.90 Å². The van der Waals surface area contributed by atoms with Crippen LogP contribution in [-0.4, -0.2) is 52.7 Å². The van der Waals surface area contributed by atoms with Crippen molar-refractivity contribution in [1.29, 1.82) is 0 Å². The third-order valence-electron chi connectivity index (χ3n) is 6.71. The number of carbonyl (C=O) groups is 3. The summed E-state index contributed by atoms with van der Waals surface area (Å²) >= 11 is 4.76. The van der Waals surface area contributed by atoms with E-state index in [9.17, 15) is 14.4 Å². The number of hydrogen-bond acceptors (Lipinski definition) is 5. The van der Waals surface area contributed by atoms with E-state index in [-0.39, 0.29) is 30.2 Å². The lowest BCUT2D eigenvalue weighted by atomic mass is 9.99. The van der Waals surface area contributed by atoms with Crippen LogP contribution < -0.4 is 4.90 Å². The zero-order valence-electron chi connectivity index (χ0n) is 19.2. The third kappa shape index (κ3) is 5.10. The van der Waals surface area contributed by atoms with Gasteiger partial charge in [-0.15, -0.1) is 11.3 Å². The molecule has 2 aliphatic rings. The number of halogens is 1. The van der Waals surface area contributed by atoms with Crippen LogP contribution in [0.2, 0.25) is 0 Å². The summed E-state index contributed by atoms with van der Waals surface area (Å²) in [6, 6.07) is 20.2. The van der Waals surface area contributed by atoms with Gasteiger partial charge in [0.2, 0.25) is 5.91 Å². The average Bonchev–Trinajstić information content (AvgIpc) is 3.50. The molecule has 0 spiro atoms. The molecule has 5 rings (SSSR count). The second kappa shape index (κ2) is 10.4. The molecule has 3 aromatic rings. The van der Waals surface area contributed by atoms with Gasteiger partial charge in [-0.2, -0.15) is 0 Å². The Morgan fingerprint density at radius 2 is 1.69 bits per heavy atom. The monoisotopic (exact) mass is 551 g/mol. The molecule has 180 valence electrons. The molecule has 1 atom stereocenters. The van der Waals surface area contributed by atoms with Crippen molar-refractivity contribution in [2.24, 2.45) is 0 Å². The summed E-state index contributed by atoms with van der Waals surface area (Å²) in [6.45, 7) is 2.53. The number of benzene rings is 2. The number of anilines is 1. The number of imide groups is 1. The van der Waals surface area contributed by atoms with Gasteiger partial charge >= 0.3 is 0 Å². The molecular weight excluding hydrogens is 526 g/mol. The zero-order valence-corrected chi connectivity index (χ0v) is 21.6. The lowest BCUT2D eigenvalue weighted by molar-refractivity contribution is -0.123. The van der Waals surface area contributed by atoms with Crippen LogP contribution in [0.5, 0.6) is 0 Å². The van der Waals surface area contributed by atoms with Crippen molar-refractivity contribution >= 4 is 50.7 Å². The molecule has 2 saturated heterocycles. The van der Waals surface area contributed by atoms with Gasteiger partial charge in [0.15, 0.2) is 0 Å². The summed E-state index contributed by atoms with van der Waals surface area (Å²) in [6.07, 6.45) is 1.54. The number of nitrogens with zero attached hydrogens (tertiary/aromatic N) is 3. The predicted octanol–water partition coefficient (Wildman–Crippen LogP) is 4.95. The molecule has 0 N–H and O–H groups in total. The molecule has 1 aromatic heterocycles. The van der Waals surface area contributed by atoms with E-state index in [1.165, 1.54) is 21.8 Å². The molecule has 1 unspecified atom stereocenters. The molecule has 3 heterocycles. The number of thiophene rings is 1. The molecule has 6 nitrogen and oxygen atoms in total. The van der Waals surface area contributed by atoms with Crippen LogP contribution in [0.1, 0.15) is 34.5 Å². The first-order valence-electron chi connectivity index (χ1n) is 11.8. The summed E-state index contributed by atoms with van der Waals surface area (Å²) in [5.41, 5.74) is 1.80. The largest absolute Gasteiger partial charge is 0.322 e. The summed E-state index contributed by atoms with van der Waals surface area (Å²) < 4.78 is 0.869. The van der Waals surface area contributed by atoms with Gasteiger partial charge in [-0.05, 0) is 54.1 Å². The Morgan fingerprint density at radius 3 is 2.34 bits per heavy atom. The van der Waals surface area contributed by atoms with E-state index in [2.05, 4.69) is 33.0 Å². The highest BCUT2D eigenvalue weighted by Crippen LogP contribution is 2.32. The first kappa shape index (κ1) is 23.9. The van der Waals surface area contributed by atoms with Crippen molar-refractivity contribution in [3.05, 3.63) is 87.0 Å². The Hall–Kier alpha value is -2.81. The van der Waals surface area contributed by atoms with Crippen LogP contribution >= 0.6 is 27.3 Å². The van der Waals surface area contributed by atoms with Gasteiger partial charge in [-0.25, -0.2) is 4.90 Å². The van der Waals surface area contributed by atoms with Crippen LogP contribution in [0.4, 0.5) is 5.69 Å². The Bertz CT molecular complexity index is 1190. The molecule has 2 aliphatic heterocycles. The second-order valence-electron chi connectivity index (χ2n) is 8.95. The van der Waals surface area contributed by atoms with Gasteiger partial charge in [0.05, 0.1) is 17.0 Å². The summed E-state index contributed by atoms with van der Waals surface area (Å²) in [5, 5.41) is 1.86. The van der Waals surface area contributed by atoms with E-state index >= 15 is 0 Å². The van der Waals surface area contributed by atoms with Crippen molar-refractivity contribution in [3.8, 4) is 0 Å². The van der Waals surface area contributed by atoms with E-state index in [0.717, 1.165) is 36.9 Å². The van der Waals surface area contributed by atoms with Gasteiger partial charge in [-0.3, -0.25) is 19.3 Å². The quantitative estimate of drug-likeness (QED) is 0.406. The minimum atomic E-state index is -0.786. The van der Waals surface area contributed by atoms with Crippen LogP contribution in [0.25, 0.3) is 0 Å². The molecule has 2 aromatic carbocycles. The van der Waals surface area contributed by atoms with Crippen LogP contribution in [0.3, 0.4) is 0 Å². The zero-order chi connectivity index (χ0) is 24.4. The maximum atomic E-state index is 13.6. The molecule has 0 aliphatic carbocycles. The van der Waals surface area contributed by atoms with Crippen LogP contribution in [0.15, 0.2) is 76.6 Å². The first-order chi connectivity index (χ1) is 17.0. The number of likely N-dealkylation sites (tertiary alicyclic amines) is 1. The second-order valence-corrected chi connectivity index (χ2v) is 10.8. The minimum absolute atomic E-state index is 0.0102. The number of amides is 3. The summed E-state index contributed by atoms with van der Waals surface area (Å²) in [5.74, 6) is -0.757. The Morgan fingerprint density at radius 1 is 0.971 bits per heavy atom. The lowest BCUT2D eigenvalue weighted by Crippen LogP contribution is -2.54. The third-order valence-corrected chi connectivity index (χ3v) is 8.10. The molecule has 0 bridgehead atoms. The topological polar surface area (TPSA) is 60.9 Å². The first-order valence-corrected chi connectivity index (χ1v) is 13.4. The predicted molar refractivity (Wildman–Crippen MR) is 140 cm³/mol. The van der Waals surface area contributed by atoms with E-state index in [0.29, 0.717) is 10.6 Å². The number of hydrogen-bond donors (Lipinski definition) is 0. The molecule has 3 amide bonds. The van der Waals surface area contributed by atoms with E-state index in [4.69, 9.17) is 0 Å². The fourth-order valence-electron chi connectivity index (χ4n) is 4.98. The Labute approximate surface area is 217 Å². The normalized spacial score (nSPS) is 19.3. The fraction of sp³-hybridized carbons (Fsp3) is 0.296. The Balaban J connectivity index is 1.36. The molecular formula is C27H26BrN3O3S. The number of rotatable bonds is 6. The maximum absolute atomic E-state index is 13.6. The molecule has 35 heavy (non-hydrogen) atoms. The van der Waals surface area contributed by atoms with Crippen molar-refractivity contribution in [2.45, 2.75) is 37.9 Å².